The van der Waals surface area contributed by atoms with Crippen molar-refractivity contribution in [1.29, 1.82) is 0 Å². The Bertz CT molecular complexity index is 178. The minimum atomic E-state index is 0.832. The largest absolute Gasteiger partial charge is 0.311 e. The van der Waals surface area contributed by atoms with Gasteiger partial charge < -0.3 is 5.32 Å². The molecule has 82 valence electrons. The van der Waals surface area contributed by atoms with E-state index in [0.29, 0.717) is 0 Å². The van der Waals surface area contributed by atoms with E-state index in [9.17, 15) is 0 Å². The van der Waals surface area contributed by atoms with Crippen LogP contribution in [0.5, 0.6) is 0 Å². The highest BCUT2D eigenvalue weighted by Gasteiger charge is 2.27. The zero-order valence-corrected chi connectivity index (χ0v) is 9.76. The van der Waals surface area contributed by atoms with Gasteiger partial charge in [-0.2, -0.15) is 0 Å². The second-order valence-electron chi connectivity index (χ2n) is 5.65. The molecule has 1 nitrogen and oxygen atoms in total. The zero-order valence-electron chi connectivity index (χ0n) is 9.76. The fourth-order valence-corrected chi connectivity index (χ4v) is 3.23. The third kappa shape index (κ3) is 2.50. The van der Waals surface area contributed by atoms with Crippen molar-refractivity contribution in [2.75, 3.05) is 0 Å². The summed E-state index contributed by atoms with van der Waals surface area (Å²) in [6, 6.07) is 1.68. The molecule has 2 rings (SSSR count). The minimum absolute atomic E-state index is 0.832. The maximum Gasteiger partial charge on any atom is 0.00952 e. The van der Waals surface area contributed by atoms with Crippen molar-refractivity contribution in [3.8, 4) is 0 Å². The van der Waals surface area contributed by atoms with Crippen LogP contribution in [-0.4, -0.2) is 12.1 Å². The molecule has 2 fully saturated rings. The van der Waals surface area contributed by atoms with Crippen molar-refractivity contribution in [1.82, 2.24) is 5.32 Å². The molecule has 0 aromatic carbocycles. The van der Waals surface area contributed by atoms with Crippen LogP contribution in [0.3, 0.4) is 0 Å². The van der Waals surface area contributed by atoms with Crippen LogP contribution >= 0.6 is 0 Å². The lowest BCUT2D eigenvalue weighted by atomic mass is 9.85. The maximum absolute atomic E-state index is 3.90. The van der Waals surface area contributed by atoms with Crippen molar-refractivity contribution in [2.24, 2.45) is 11.8 Å². The fraction of sp³-hybridized carbons (Fsp3) is 1.00. The van der Waals surface area contributed by atoms with Gasteiger partial charge in [0.1, 0.15) is 0 Å². The van der Waals surface area contributed by atoms with E-state index in [1.165, 1.54) is 44.9 Å². The predicted octanol–water partition coefficient (Wildman–Crippen LogP) is 3.34. The molecule has 0 unspecified atom stereocenters. The summed E-state index contributed by atoms with van der Waals surface area (Å²) in [6.45, 7) is 4.82. The second kappa shape index (κ2) is 4.65. The van der Waals surface area contributed by atoms with Gasteiger partial charge in [-0.25, -0.2) is 0 Å². The van der Waals surface area contributed by atoms with E-state index < -0.39 is 0 Å². The summed E-state index contributed by atoms with van der Waals surface area (Å²) >= 11 is 0. The monoisotopic (exact) mass is 195 g/mol. The zero-order chi connectivity index (χ0) is 9.97. The molecule has 0 aliphatic heterocycles. The van der Waals surface area contributed by atoms with Gasteiger partial charge >= 0.3 is 0 Å². The molecule has 0 heterocycles. The predicted molar refractivity (Wildman–Crippen MR) is 61.4 cm³/mol. The molecule has 14 heavy (non-hydrogen) atoms. The summed E-state index contributed by atoms with van der Waals surface area (Å²) in [6.07, 6.45) is 10.1. The Morgan fingerprint density at radius 2 is 1.71 bits per heavy atom. The summed E-state index contributed by atoms with van der Waals surface area (Å²) in [5.41, 5.74) is 0. The molecule has 2 saturated carbocycles. The highest BCUT2D eigenvalue weighted by atomic mass is 15.0. The van der Waals surface area contributed by atoms with E-state index in [0.717, 1.165) is 23.9 Å². The van der Waals surface area contributed by atoms with Gasteiger partial charge in [0.05, 0.1) is 0 Å². The normalized spacial score (nSPS) is 44.1. The molecule has 1 heteroatoms. The van der Waals surface area contributed by atoms with E-state index in [2.05, 4.69) is 19.2 Å². The first-order chi connectivity index (χ1) is 6.75. The molecular weight excluding hydrogens is 170 g/mol. The number of hydrogen-bond donors (Lipinski definition) is 1. The lowest BCUT2D eigenvalue weighted by molar-refractivity contribution is 0.257. The van der Waals surface area contributed by atoms with Gasteiger partial charge in [0.25, 0.3) is 0 Å². The van der Waals surface area contributed by atoms with Crippen LogP contribution in [0.2, 0.25) is 0 Å². The molecule has 1 N–H and O–H groups in total. The molecule has 4 atom stereocenters. The van der Waals surface area contributed by atoms with E-state index >= 15 is 0 Å². The highest BCUT2D eigenvalue weighted by molar-refractivity contribution is 4.85. The van der Waals surface area contributed by atoms with Crippen molar-refractivity contribution in [3.05, 3.63) is 0 Å². The van der Waals surface area contributed by atoms with Crippen LogP contribution in [0.1, 0.15) is 58.8 Å². The SMILES string of the molecule is C[C@@H]1CC[C@@H](N[C@@H]2CCCC[C@@H]2C)C1. The first-order valence-corrected chi connectivity index (χ1v) is 6.51. The number of hydrogen-bond acceptors (Lipinski definition) is 1. The molecule has 0 aromatic rings. The fourth-order valence-electron chi connectivity index (χ4n) is 3.23. The summed E-state index contributed by atoms with van der Waals surface area (Å²) < 4.78 is 0. The van der Waals surface area contributed by atoms with Crippen molar-refractivity contribution < 1.29 is 0 Å². The van der Waals surface area contributed by atoms with Crippen LogP contribution < -0.4 is 5.32 Å². The molecule has 0 amide bonds. The van der Waals surface area contributed by atoms with Crippen LogP contribution in [0.4, 0.5) is 0 Å². The Kier molecular flexibility index (Phi) is 3.48. The summed E-state index contributed by atoms with van der Waals surface area (Å²) in [5.74, 6) is 1.88. The first-order valence-electron chi connectivity index (χ1n) is 6.51. The molecule has 0 saturated heterocycles. The van der Waals surface area contributed by atoms with Gasteiger partial charge in [0, 0.05) is 12.1 Å². The maximum atomic E-state index is 3.90. The van der Waals surface area contributed by atoms with Crippen LogP contribution in [0.15, 0.2) is 0 Å². The molecule has 0 aromatic heterocycles. The summed E-state index contributed by atoms with van der Waals surface area (Å²) in [7, 11) is 0. The number of nitrogens with one attached hydrogen (secondary N) is 1. The number of rotatable bonds is 2. The molecule has 2 aliphatic carbocycles. The van der Waals surface area contributed by atoms with Gasteiger partial charge in [-0.05, 0) is 43.9 Å². The van der Waals surface area contributed by atoms with E-state index in [-0.39, 0.29) is 0 Å². The lowest BCUT2D eigenvalue weighted by Gasteiger charge is -2.32. The third-order valence-corrected chi connectivity index (χ3v) is 4.26. The summed E-state index contributed by atoms with van der Waals surface area (Å²) in [5, 5.41) is 3.90. The minimum Gasteiger partial charge on any atom is -0.311 e. The average Bonchev–Trinajstić information content (AvgIpc) is 2.56. The van der Waals surface area contributed by atoms with E-state index in [1.807, 2.05) is 0 Å². The first kappa shape index (κ1) is 10.5. The Morgan fingerprint density at radius 1 is 0.929 bits per heavy atom. The van der Waals surface area contributed by atoms with E-state index in [4.69, 9.17) is 0 Å². The summed E-state index contributed by atoms with van der Waals surface area (Å²) in [4.78, 5) is 0. The van der Waals surface area contributed by atoms with Crippen LogP contribution in [-0.2, 0) is 0 Å². The molecular formula is C13H25N. The Hall–Kier alpha value is -0.0400. The standard InChI is InChI=1S/C13H25N/c1-10-7-8-12(9-10)14-13-6-4-3-5-11(13)2/h10-14H,3-9H2,1-2H3/t10-,11+,12-,13-/m1/s1. The van der Waals surface area contributed by atoms with Crippen molar-refractivity contribution >= 4 is 0 Å². The van der Waals surface area contributed by atoms with Gasteiger partial charge in [0.15, 0.2) is 0 Å². The lowest BCUT2D eigenvalue weighted by Crippen LogP contribution is -2.42. The smallest absolute Gasteiger partial charge is 0.00952 e. The highest BCUT2D eigenvalue weighted by Crippen LogP contribution is 2.29. The topological polar surface area (TPSA) is 12.0 Å². The van der Waals surface area contributed by atoms with Crippen LogP contribution in [0, 0.1) is 11.8 Å². The van der Waals surface area contributed by atoms with Gasteiger partial charge in [-0.3, -0.25) is 0 Å². The molecule has 2 aliphatic rings. The Labute approximate surface area is 88.7 Å². The average molecular weight is 195 g/mol. The molecule has 0 bridgehead atoms. The second-order valence-corrected chi connectivity index (χ2v) is 5.65. The van der Waals surface area contributed by atoms with Gasteiger partial charge in [-0.15, -0.1) is 0 Å². The quantitative estimate of drug-likeness (QED) is 0.712. The van der Waals surface area contributed by atoms with Crippen molar-refractivity contribution in [2.45, 2.75) is 70.9 Å². The molecule has 0 radical (unpaired) electrons. The van der Waals surface area contributed by atoms with E-state index in [1.54, 1.807) is 0 Å². The molecule has 0 spiro atoms. The van der Waals surface area contributed by atoms with Gasteiger partial charge in [-0.1, -0.05) is 26.7 Å². The third-order valence-electron chi connectivity index (χ3n) is 4.26. The van der Waals surface area contributed by atoms with Crippen LogP contribution in [0.25, 0.3) is 0 Å². The van der Waals surface area contributed by atoms with Crippen molar-refractivity contribution in [3.63, 3.8) is 0 Å². The van der Waals surface area contributed by atoms with Gasteiger partial charge in [0.2, 0.25) is 0 Å². The Balaban J connectivity index is 1.78. The Morgan fingerprint density at radius 3 is 2.36 bits per heavy atom.